The Kier molecular flexibility index (Phi) is 7.53. The molecule has 192 valence electrons. The molecule has 1 aliphatic rings. The molecule has 1 amide bonds. The summed E-state index contributed by atoms with van der Waals surface area (Å²) in [5.74, 6) is 0.635. The fraction of sp³-hybridized carbons (Fsp3) is 0.345. The van der Waals surface area contributed by atoms with Gasteiger partial charge in [0.25, 0.3) is 0 Å². The number of hydrogen-bond acceptors (Lipinski definition) is 7. The lowest BCUT2D eigenvalue weighted by atomic mass is 10.0. The number of fused-ring (bicyclic) bond motifs is 1. The topological polar surface area (TPSA) is 102 Å². The van der Waals surface area contributed by atoms with E-state index in [1.807, 2.05) is 26.8 Å². The van der Waals surface area contributed by atoms with Crippen molar-refractivity contribution in [1.82, 2.24) is 4.90 Å². The molecule has 1 atom stereocenters. The maximum Gasteiger partial charge on any atom is 0.410 e. The Morgan fingerprint density at radius 2 is 1.92 bits per heavy atom. The summed E-state index contributed by atoms with van der Waals surface area (Å²) in [7, 11) is 0. The Balaban J connectivity index is 1.49. The third-order valence-corrected chi connectivity index (χ3v) is 5.71. The van der Waals surface area contributed by atoms with Gasteiger partial charge in [0.2, 0.25) is 0 Å². The normalized spacial score (nSPS) is 15.9. The van der Waals surface area contributed by atoms with E-state index in [0.717, 1.165) is 5.39 Å². The number of benzene rings is 2. The number of furan rings is 1. The number of amides is 1. The zero-order valence-corrected chi connectivity index (χ0v) is 21.4. The maximum atomic E-state index is 12.8. The molecular weight excluding hydrogens is 472 g/mol. The molecule has 0 bridgehead atoms. The quantitative estimate of drug-likeness (QED) is 0.310. The number of nitriles is 1. The second kappa shape index (κ2) is 10.8. The van der Waals surface area contributed by atoms with Crippen LogP contribution in [-0.2, 0) is 14.3 Å². The minimum absolute atomic E-state index is 0.146. The van der Waals surface area contributed by atoms with Crippen LogP contribution in [0.2, 0.25) is 0 Å². The number of carbonyl (C=O) groups is 2. The first-order chi connectivity index (χ1) is 17.6. The minimum Gasteiger partial charge on any atom is -0.489 e. The first-order valence-electron chi connectivity index (χ1n) is 12.2. The summed E-state index contributed by atoms with van der Waals surface area (Å²) in [6.45, 7) is 8.53. The van der Waals surface area contributed by atoms with E-state index in [9.17, 15) is 9.59 Å². The van der Waals surface area contributed by atoms with Crippen LogP contribution >= 0.6 is 0 Å². The van der Waals surface area contributed by atoms with Gasteiger partial charge in [-0.1, -0.05) is 12.1 Å². The lowest BCUT2D eigenvalue weighted by molar-refractivity contribution is -0.136. The highest BCUT2D eigenvalue weighted by molar-refractivity contribution is 6.21. The van der Waals surface area contributed by atoms with E-state index in [4.69, 9.17) is 23.9 Å². The molecule has 8 nitrogen and oxygen atoms in total. The number of carbonyl (C=O) groups excluding carboxylic acids is 2. The van der Waals surface area contributed by atoms with Crippen LogP contribution in [0.25, 0.3) is 22.6 Å². The predicted octanol–water partition coefficient (Wildman–Crippen LogP) is 5.80. The molecule has 1 aliphatic heterocycles. The lowest BCUT2D eigenvalue weighted by Gasteiger charge is -2.24. The Morgan fingerprint density at radius 3 is 2.59 bits per heavy atom. The first kappa shape index (κ1) is 25.8. The number of ether oxygens (including phenoxy) is 3. The van der Waals surface area contributed by atoms with Crippen LogP contribution in [0.5, 0.6) is 5.75 Å². The fourth-order valence-electron chi connectivity index (χ4n) is 4.03. The van der Waals surface area contributed by atoms with Gasteiger partial charge < -0.3 is 23.5 Å². The van der Waals surface area contributed by atoms with E-state index in [0.29, 0.717) is 53.3 Å². The molecular formula is C29H30N2O6. The molecule has 1 saturated heterocycles. The molecule has 0 saturated carbocycles. The summed E-state index contributed by atoms with van der Waals surface area (Å²) >= 11 is 0. The SMILES string of the molecule is CCOC(=O)/C(=C\c1cc2ccc(C#N)cc2o1)c1ccc(O[C@H]2CCN(C(=O)OC(C)(C)C)C2)cc1. The smallest absolute Gasteiger partial charge is 0.410 e. The van der Waals surface area contributed by atoms with Crippen molar-refractivity contribution in [2.45, 2.75) is 45.8 Å². The molecule has 37 heavy (non-hydrogen) atoms. The average molecular weight is 503 g/mol. The van der Waals surface area contributed by atoms with Gasteiger partial charge in [0, 0.05) is 18.4 Å². The summed E-state index contributed by atoms with van der Waals surface area (Å²) in [5, 5.41) is 9.95. The van der Waals surface area contributed by atoms with Gasteiger partial charge in [0.15, 0.2) is 0 Å². The Bertz CT molecular complexity index is 1360. The Hall–Kier alpha value is -4.25. The second-order valence-corrected chi connectivity index (χ2v) is 9.77. The van der Waals surface area contributed by atoms with Gasteiger partial charge in [0.1, 0.15) is 28.8 Å². The zero-order chi connectivity index (χ0) is 26.6. The van der Waals surface area contributed by atoms with Crippen LogP contribution in [0.3, 0.4) is 0 Å². The van der Waals surface area contributed by atoms with Crippen LogP contribution in [0.15, 0.2) is 52.9 Å². The van der Waals surface area contributed by atoms with Gasteiger partial charge in [-0.3, -0.25) is 0 Å². The third kappa shape index (κ3) is 6.50. The summed E-state index contributed by atoms with van der Waals surface area (Å²) in [5.41, 5.74) is 1.50. The van der Waals surface area contributed by atoms with Crippen molar-refractivity contribution in [2.75, 3.05) is 19.7 Å². The third-order valence-electron chi connectivity index (χ3n) is 5.71. The van der Waals surface area contributed by atoms with Crippen LogP contribution in [-0.4, -0.2) is 48.4 Å². The molecule has 0 radical (unpaired) electrons. The predicted molar refractivity (Wildman–Crippen MR) is 139 cm³/mol. The van der Waals surface area contributed by atoms with Gasteiger partial charge in [-0.05, 0) is 75.7 Å². The monoisotopic (exact) mass is 502 g/mol. The van der Waals surface area contributed by atoms with Crippen LogP contribution in [0.4, 0.5) is 4.79 Å². The molecule has 3 aromatic rings. The summed E-state index contributed by atoms with van der Waals surface area (Å²) < 4.78 is 22.7. The van der Waals surface area contributed by atoms with E-state index in [-0.39, 0.29) is 18.8 Å². The average Bonchev–Trinajstić information content (AvgIpc) is 3.48. The van der Waals surface area contributed by atoms with Gasteiger partial charge in [-0.2, -0.15) is 5.26 Å². The molecule has 0 spiro atoms. The number of hydrogen-bond donors (Lipinski definition) is 0. The van der Waals surface area contributed by atoms with E-state index >= 15 is 0 Å². The summed E-state index contributed by atoms with van der Waals surface area (Å²) in [6, 6.07) is 16.2. The molecule has 0 N–H and O–H groups in total. The number of rotatable bonds is 6. The highest BCUT2D eigenvalue weighted by Gasteiger charge is 2.31. The zero-order valence-electron chi connectivity index (χ0n) is 21.4. The van der Waals surface area contributed by atoms with Crippen molar-refractivity contribution < 1.29 is 28.2 Å². The van der Waals surface area contributed by atoms with Crippen LogP contribution in [0, 0.1) is 11.3 Å². The molecule has 8 heteroatoms. The van der Waals surface area contributed by atoms with Crippen molar-refractivity contribution in [3.05, 3.63) is 65.4 Å². The first-order valence-corrected chi connectivity index (χ1v) is 12.2. The van der Waals surface area contributed by atoms with Gasteiger partial charge >= 0.3 is 12.1 Å². The maximum absolute atomic E-state index is 12.8. The van der Waals surface area contributed by atoms with Gasteiger partial charge in [0.05, 0.1) is 30.4 Å². The minimum atomic E-state index is -0.544. The number of likely N-dealkylation sites (tertiary alicyclic amines) is 1. The lowest BCUT2D eigenvalue weighted by Crippen LogP contribution is -2.36. The van der Waals surface area contributed by atoms with E-state index in [2.05, 4.69) is 6.07 Å². The van der Waals surface area contributed by atoms with Crippen molar-refractivity contribution in [3.63, 3.8) is 0 Å². The summed E-state index contributed by atoms with van der Waals surface area (Å²) in [6.07, 6.45) is 1.85. The van der Waals surface area contributed by atoms with Crippen molar-refractivity contribution in [1.29, 1.82) is 5.26 Å². The Morgan fingerprint density at radius 1 is 1.16 bits per heavy atom. The van der Waals surface area contributed by atoms with E-state index in [1.165, 1.54) is 0 Å². The van der Waals surface area contributed by atoms with Crippen LogP contribution < -0.4 is 4.74 Å². The Labute approximate surface area is 216 Å². The molecule has 4 rings (SSSR count). The molecule has 1 fully saturated rings. The molecule has 2 aromatic carbocycles. The van der Waals surface area contributed by atoms with Crippen LogP contribution in [0.1, 0.15) is 51.0 Å². The largest absolute Gasteiger partial charge is 0.489 e. The fourth-order valence-corrected chi connectivity index (χ4v) is 4.03. The van der Waals surface area contributed by atoms with Crippen molar-refractivity contribution in [2.24, 2.45) is 0 Å². The number of nitrogens with zero attached hydrogens (tertiary/aromatic N) is 2. The molecule has 1 aromatic heterocycles. The molecule has 0 aliphatic carbocycles. The van der Waals surface area contributed by atoms with Gasteiger partial charge in [-0.15, -0.1) is 0 Å². The van der Waals surface area contributed by atoms with Crippen molar-refractivity contribution >= 4 is 34.7 Å². The molecule has 2 heterocycles. The van der Waals surface area contributed by atoms with Gasteiger partial charge in [-0.25, -0.2) is 9.59 Å². The molecule has 0 unspecified atom stereocenters. The number of esters is 1. The highest BCUT2D eigenvalue weighted by Crippen LogP contribution is 2.28. The highest BCUT2D eigenvalue weighted by atomic mass is 16.6. The van der Waals surface area contributed by atoms with E-state index in [1.54, 1.807) is 60.4 Å². The second-order valence-electron chi connectivity index (χ2n) is 9.77. The summed E-state index contributed by atoms with van der Waals surface area (Å²) in [4.78, 5) is 26.7. The van der Waals surface area contributed by atoms with Crippen molar-refractivity contribution in [3.8, 4) is 11.8 Å². The van der Waals surface area contributed by atoms with E-state index < -0.39 is 11.6 Å². The standard InChI is InChI=1S/C29H30N2O6/c1-5-34-27(32)25(16-24-15-21-7-6-19(17-30)14-26(21)36-24)20-8-10-22(11-9-20)35-23-12-13-31(18-23)28(33)37-29(2,3)4/h6-11,14-16,23H,5,12-13,18H2,1-4H3/b25-16-/t23-/m0/s1.